The van der Waals surface area contributed by atoms with Gasteiger partial charge in [-0.15, -0.1) is 0 Å². The fraction of sp³-hybridized carbons (Fsp3) is 0.667. The molecule has 0 saturated heterocycles. The number of aromatic nitrogens is 2. The van der Waals surface area contributed by atoms with Gasteiger partial charge in [-0.3, -0.25) is 9.48 Å². The molecule has 1 rings (SSSR count). The standard InChI is InChI=1S/C12H20ClN3O/c1-3-7-16-12(10(13)8-15-16)11(17)6-4-5-9(2)14/h8-9H,3-7,14H2,1-2H3. The molecule has 0 fully saturated rings. The van der Waals surface area contributed by atoms with Crippen LogP contribution in [0.4, 0.5) is 0 Å². The molecule has 0 aliphatic carbocycles. The molecule has 0 amide bonds. The molecule has 5 heteroatoms. The van der Waals surface area contributed by atoms with Crippen molar-refractivity contribution in [1.29, 1.82) is 0 Å². The maximum Gasteiger partial charge on any atom is 0.182 e. The zero-order chi connectivity index (χ0) is 12.8. The summed E-state index contributed by atoms with van der Waals surface area (Å²) in [4.78, 5) is 12.0. The van der Waals surface area contributed by atoms with Gasteiger partial charge in [0.2, 0.25) is 0 Å². The Bertz CT molecular complexity index is 374. The number of hydrogen-bond acceptors (Lipinski definition) is 3. The zero-order valence-corrected chi connectivity index (χ0v) is 11.2. The Morgan fingerprint density at radius 1 is 1.65 bits per heavy atom. The minimum Gasteiger partial charge on any atom is -0.328 e. The molecule has 1 atom stereocenters. The second-order valence-electron chi connectivity index (χ2n) is 4.36. The van der Waals surface area contributed by atoms with Gasteiger partial charge in [0.15, 0.2) is 5.78 Å². The number of nitrogens with two attached hydrogens (primary N) is 1. The van der Waals surface area contributed by atoms with Crippen molar-refractivity contribution in [2.24, 2.45) is 5.73 Å². The van der Waals surface area contributed by atoms with E-state index in [0.29, 0.717) is 17.1 Å². The summed E-state index contributed by atoms with van der Waals surface area (Å²) < 4.78 is 1.69. The number of aryl methyl sites for hydroxylation is 1. The summed E-state index contributed by atoms with van der Waals surface area (Å²) in [5.41, 5.74) is 6.19. The van der Waals surface area contributed by atoms with Crippen molar-refractivity contribution in [1.82, 2.24) is 9.78 Å². The van der Waals surface area contributed by atoms with Crippen molar-refractivity contribution >= 4 is 17.4 Å². The van der Waals surface area contributed by atoms with Crippen LogP contribution in [-0.2, 0) is 6.54 Å². The molecule has 1 heterocycles. The normalized spacial score (nSPS) is 12.7. The minimum absolute atomic E-state index is 0.0570. The van der Waals surface area contributed by atoms with E-state index in [1.165, 1.54) is 6.20 Å². The first-order chi connectivity index (χ1) is 8.06. The van der Waals surface area contributed by atoms with E-state index in [1.807, 2.05) is 13.8 Å². The monoisotopic (exact) mass is 257 g/mol. The molecular formula is C12H20ClN3O. The Hall–Kier alpha value is -0.870. The van der Waals surface area contributed by atoms with Crippen LogP contribution in [0, 0.1) is 0 Å². The highest BCUT2D eigenvalue weighted by molar-refractivity contribution is 6.33. The summed E-state index contributed by atoms with van der Waals surface area (Å²) >= 11 is 5.99. The van der Waals surface area contributed by atoms with Gasteiger partial charge >= 0.3 is 0 Å². The van der Waals surface area contributed by atoms with Gasteiger partial charge in [-0.05, 0) is 26.2 Å². The maximum absolute atomic E-state index is 12.0. The number of ketones is 1. The summed E-state index contributed by atoms with van der Waals surface area (Å²) in [5, 5.41) is 4.56. The summed E-state index contributed by atoms with van der Waals surface area (Å²) in [6, 6.07) is 0.138. The summed E-state index contributed by atoms with van der Waals surface area (Å²) in [5.74, 6) is 0.0570. The summed E-state index contributed by atoms with van der Waals surface area (Å²) in [7, 11) is 0. The molecule has 0 aromatic carbocycles. The molecule has 2 N–H and O–H groups in total. The van der Waals surface area contributed by atoms with Gasteiger partial charge in [-0.25, -0.2) is 0 Å². The van der Waals surface area contributed by atoms with Crippen LogP contribution in [0.3, 0.4) is 0 Å². The van der Waals surface area contributed by atoms with Crippen molar-refractivity contribution in [3.8, 4) is 0 Å². The Morgan fingerprint density at radius 3 is 2.94 bits per heavy atom. The number of carbonyl (C=O) groups excluding carboxylic acids is 1. The topological polar surface area (TPSA) is 60.9 Å². The zero-order valence-electron chi connectivity index (χ0n) is 10.4. The molecular weight excluding hydrogens is 238 g/mol. The third-order valence-corrected chi connectivity index (χ3v) is 2.83. The lowest BCUT2D eigenvalue weighted by atomic mass is 10.1. The van der Waals surface area contributed by atoms with Crippen LogP contribution in [0.15, 0.2) is 6.20 Å². The van der Waals surface area contributed by atoms with Crippen molar-refractivity contribution < 1.29 is 4.79 Å². The van der Waals surface area contributed by atoms with Crippen LogP contribution >= 0.6 is 11.6 Å². The van der Waals surface area contributed by atoms with Crippen LogP contribution in [0.2, 0.25) is 5.02 Å². The van der Waals surface area contributed by atoms with Gasteiger partial charge in [0.05, 0.1) is 11.2 Å². The quantitative estimate of drug-likeness (QED) is 0.764. The first-order valence-electron chi connectivity index (χ1n) is 6.06. The lowest BCUT2D eigenvalue weighted by Gasteiger charge is -2.07. The van der Waals surface area contributed by atoms with Gasteiger partial charge in [0.1, 0.15) is 5.69 Å². The van der Waals surface area contributed by atoms with Crippen LogP contribution in [0.1, 0.15) is 50.0 Å². The van der Waals surface area contributed by atoms with Crippen molar-refractivity contribution in [3.63, 3.8) is 0 Å². The number of nitrogens with zero attached hydrogens (tertiary/aromatic N) is 2. The van der Waals surface area contributed by atoms with Gasteiger partial charge < -0.3 is 5.73 Å². The Balaban J connectivity index is 2.64. The molecule has 0 aliphatic rings. The molecule has 0 radical (unpaired) electrons. The molecule has 1 unspecified atom stereocenters. The van der Waals surface area contributed by atoms with E-state index in [4.69, 9.17) is 17.3 Å². The van der Waals surface area contributed by atoms with E-state index in [9.17, 15) is 4.79 Å². The van der Waals surface area contributed by atoms with Crippen molar-refractivity contribution in [2.75, 3.05) is 0 Å². The lowest BCUT2D eigenvalue weighted by molar-refractivity contribution is 0.0968. The molecule has 17 heavy (non-hydrogen) atoms. The average molecular weight is 258 g/mol. The molecule has 0 aliphatic heterocycles. The van der Waals surface area contributed by atoms with Gasteiger partial charge in [0.25, 0.3) is 0 Å². The van der Waals surface area contributed by atoms with E-state index >= 15 is 0 Å². The van der Waals surface area contributed by atoms with E-state index in [1.54, 1.807) is 4.68 Å². The first-order valence-corrected chi connectivity index (χ1v) is 6.44. The van der Waals surface area contributed by atoms with Crippen LogP contribution in [0.5, 0.6) is 0 Å². The second kappa shape index (κ2) is 6.77. The Labute approximate surface area is 107 Å². The predicted molar refractivity (Wildman–Crippen MR) is 69.4 cm³/mol. The van der Waals surface area contributed by atoms with E-state index in [-0.39, 0.29) is 11.8 Å². The molecule has 0 spiro atoms. The first kappa shape index (κ1) is 14.2. The number of rotatable bonds is 7. The van der Waals surface area contributed by atoms with Crippen molar-refractivity contribution in [3.05, 3.63) is 16.9 Å². The third kappa shape index (κ3) is 4.13. The smallest absolute Gasteiger partial charge is 0.182 e. The number of hydrogen-bond donors (Lipinski definition) is 1. The predicted octanol–water partition coefficient (Wildman–Crippen LogP) is 2.65. The second-order valence-corrected chi connectivity index (χ2v) is 4.76. The van der Waals surface area contributed by atoms with Gasteiger partial charge in [-0.1, -0.05) is 18.5 Å². The highest BCUT2D eigenvalue weighted by Gasteiger charge is 2.16. The molecule has 1 aromatic heterocycles. The fourth-order valence-corrected chi connectivity index (χ4v) is 1.97. The maximum atomic E-state index is 12.0. The SMILES string of the molecule is CCCn1ncc(Cl)c1C(=O)CCCC(C)N. The molecule has 4 nitrogen and oxygen atoms in total. The third-order valence-electron chi connectivity index (χ3n) is 2.56. The highest BCUT2D eigenvalue weighted by atomic mass is 35.5. The number of Topliss-reactive ketones (excluding diaryl/α,β-unsaturated/α-hetero) is 1. The van der Waals surface area contributed by atoms with Crippen LogP contribution < -0.4 is 5.73 Å². The number of halogens is 1. The summed E-state index contributed by atoms with van der Waals surface area (Å²) in [6.07, 6.45) is 4.60. The Kier molecular flexibility index (Phi) is 5.65. The largest absolute Gasteiger partial charge is 0.328 e. The fourth-order valence-electron chi connectivity index (χ4n) is 1.72. The minimum atomic E-state index is 0.0570. The van der Waals surface area contributed by atoms with E-state index in [0.717, 1.165) is 25.8 Å². The summed E-state index contributed by atoms with van der Waals surface area (Å²) in [6.45, 7) is 4.71. The Morgan fingerprint density at radius 2 is 2.35 bits per heavy atom. The molecule has 96 valence electrons. The highest BCUT2D eigenvalue weighted by Crippen LogP contribution is 2.18. The van der Waals surface area contributed by atoms with E-state index in [2.05, 4.69) is 5.10 Å². The molecule has 0 bridgehead atoms. The van der Waals surface area contributed by atoms with Crippen LogP contribution in [0.25, 0.3) is 0 Å². The molecule has 1 aromatic rings. The van der Waals surface area contributed by atoms with Crippen LogP contribution in [-0.4, -0.2) is 21.6 Å². The van der Waals surface area contributed by atoms with Crippen molar-refractivity contribution in [2.45, 2.75) is 52.1 Å². The lowest BCUT2D eigenvalue weighted by Crippen LogP contribution is -2.16. The van der Waals surface area contributed by atoms with E-state index < -0.39 is 0 Å². The number of carbonyl (C=O) groups is 1. The van der Waals surface area contributed by atoms with Gasteiger partial charge in [0, 0.05) is 19.0 Å². The molecule has 0 saturated carbocycles. The van der Waals surface area contributed by atoms with Gasteiger partial charge in [-0.2, -0.15) is 5.10 Å². The average Bonchev–Trinajstić information content (AvgIpc) is 2.60.